The average Bonchev–Trinajstić information content (AvgIpc) is 2.71. The second-order valence-corrected chi connectivity index (χ2v) is 4.70. The lowest BCUT2D eigenvalue weighted by Crippen LogP contribution is -2.30. The van der Waals surface area contributed by atoms with Gasteiger partial charge in [-0.25, -0.2) is 8.78 Å². The molecule has 1 saturated heterocycles. The van der Waals surface area contributed by atoms with E-state index in [2.05, 4.69) is 4.90 Å². The van der Waals surface area contributed by atoms with Crippen molar-refractivity contribution in [2.75, 3.05) is 33.4 Å². The summed E-state index contributed by atoms with van der Waals surface area (Å²) < 4.78 is 31.1. The largest absolute Gasteiger partial charge is 0.383 e. The van der Waals surface area contributed by atoms with Crippen LogP contribution >= 0.6 is 24.8 Å². The number of ether oxygens (including phenoxy) is 1. The Kier molecular flexibility index (Phi) is 8.54. The van der Waals surface area contributed by atoms with E-state index in [4.69, 9.17) is 10.5 Å². The van der Waals surface area contributed by atoms with Crippen LogP contribution < -0.4 is 5.73 Å². The number of benzene rings is 1. The van der Waals surface area contributed by atoms with Crippen LogP contribution in [0.15, 0.2) is 18.2 Å². The third-order valence-corrected chi connectivity index (χ3v) is 3.42. The van der Waals surface area contributed by atoms with E-state index in [0.717, 1.165) is 31.3 Å². The standard InChI is InChI=1S/C13H18F2N2O.2ClH/c1-18-5-4-17-7-10(13(16)8-17)9-2-3-11(14)12(15)6-9;;/h2-3,6,10,13H,4-5,7-8,16H2,1H3;2*1H. The maximum Gasteiger partial charge on any atom is 0.159 e. The minimum Gasteiger partial charge on any atom is -0.383 e. The Labute approximate surface area is 130 Å². The van der Waals surface area contributed by atoms with Gasteiger partial charge in [0, 0.05) is 38.7 Å². The van der Waals surface area contributed by atoms with Crippen LogP contribution in [0.3, 0.4) is 0 Å². The molecule has 2 rings (SSSR count). The minimum absolute atomic E-state index is 0. The van der Waals surface area contributed by atoms with Crippen LogP contribution in [-0.4, -0.2) is 44.3 Å². The SMILES string of the molecule is COCCN1CC(N)C(c2ccc(F)c(F)c2)C1.Cl.Cl. The predicted molar refractivity (Wildman–Crippen MR) is 79.9 cm³/mol. The fourth-order valence-corrected chi connectivity index (χ4v) is 2.41. The van der Waals surface area contributed by atoms with Crippen molar-refractivity contribution < 1.29 is 13.5 Å². The van der Waals surface area contributed by atoms with Crippen molar-refractivity contribution >= 4 is 24.8 Å². The van der Waals surface area contributed by atoms with Crippen LogP contribution in [0.4, 0.5) is 8.78 Å². The van der Waals surface area contributed by atoms with E-state index in [0.29, 0.717) is 6.61 Å². The molecule has 1 aliphatic rings. The summed E-state index contributed by atoms with van der Waals surface area (Å²) in [4.78, 5) is 2.18. The van der Waals surface area contributed by atoms with Crippen LogP contribution in [0.25, 0.3) is 0 Å². The molecule has 0 aromatic heterocycles. The zero-order chi connectivity index (χ0) is 13.1. The molecule has 1 heterocycles. The number of hydrogen-bond acceptors (Lipinski definition) is 3. The summed E-state index contributed by atoms with van der Waals surface area (Å²) in [6.45, 7) is 2.98. The summed E-state index contributed by atoms with van der Waals surface area (Å²) in [5, 5.41) is 0. The van der Waals surface area contributed by atoms with Gasteiger partial charge in [0.05, 0.1) is 6.61 Å². The molecule has 7 heteroatoms. The molecule has 1 aromatic carbocycles. The first kappa shape index (κ1) is 19.5. The molecular weight excluding hydrogens is 309 g/mol. The average molecular weight is 329 g/mol. The third-order valence-electron chi connectivity index (χ3n) is 3.42. The van der Waals surface area contributed by atoms with Crippen molar-refractivity contribution in [2.24, 2.45) is 5.73 Å². The van der Waals surface area contributed by atoms with Crippen molar-refractivity contribution in [3.8, 4) is 0 Å². The van der Waals surface area contributed by atoms with Gasteiger partial charge in [-0.3, -0.25) is 4.90 Å². The lowest BCUT2D eigenvalue weighted by molar-refractivity contribution is 0.160. The first-order valence-corrected chi connectivity index (χ1v) is 6.03. The van der Waals surface area contributed by atoms with Crippen molar-refractivity contribution in [3.05, 3.63) is 35.4 Å². The van der Waals surface area contributed by atoms with Crippen molar-refractivity contribution in [1.29, 1.82) is 0 Å². The Hall–Kier alpha value is -0.460. The van der Waals surface area contributed by atoms with Gasteiger partial charge >= 0.3 is 0 Å². The van der Waals surface area contributed by atoms with Gasteiger partial charge in [0.1, 0.15) is 0 Å². The summed E-state index contributed by atoms with van der Waals surface area (Å²) in [7, 11) is 1.66. The summed E-state index contributed by atoms with van der Waals surface area (Å²) in [5.41, 5.74) is 6.83. The minimum atomic E-state index is -0.818. The molecule has 3 nitrogen and oxygen atoms in total. The van der Waals surface area contributed by atoms with Gasteiger partial charge in [-0.05, 0) is 17.7 Å². The van der Waals surface area contributed by atoms with Crippen LogP contribution in [0, 0.1) is 11.6 Å². The quantitative estimate of drug-likeness (QED) is 0.920. The topological polar surface area (TPSA) is 38.5 Å². The molecule has 0 spiro atoms. The van der Waals surface area contributed by atoms with Crippen molar-refractivity contribution in [1.82, 2.24) is 4.90 Å². The smallest absolute Gasteiger partial charge is 0.159 e. The molecule has 1 aromatic rings. The second kappa shape index (κ2) is 8.74. The highest BCUT2D eigenvalue weighted by Gasteiger charge is 2.31. The fraction of sp³-hybridized carbons (Fsp3) is 0.538. The van der Waals surface area contributed by atoms with Gasteiger partial charge in [0.15, 0.2) is 11.6 Å². The predicted octanol–water partition coefficient (Wildman–Crippen LogP) is 2.18. The first-order chi connectivity index (χ1) is 8.61. The number of methoxy groups -OCH3 is 1. The highest BCUT2D eigenvalue weighted by molar-refractivity contribution is 5.85. The number of nitrogens with zero attached hydrogens (tertiary/aromatic N) is 1. The summed E-state index contributed by atoms with van der Waals surface area (Å²) in [6, 6.07) is 3.98. The van der Waals surface area contributed by atoms with E-state index in [1.54, 1.807) is 13.2 Å². The van der Waals surface area contributed by atoms with Gasteiger partial charge < -0.3 is 10.5 Å². The molecule has 0 radical (unpaired) electrons. The maximum atomic E-state index is 13.2. The van der Waals surface area contributed by atoms with Gasteiger partial charge in [0.2, 0.25) is 0 Å². The highest BCUT2D eigenvalue weighted by Crippen LogP contribution is 2.27. The second-order valence-electron chi connectivity index (χ2n) is 4.70. The number of halogens is 4. The number of hydrogen-bond donors (Lipinski definition) is 1. The van der Waals surface area contributed by atoms with E-state index in [-0.39, 0.29) is 36.8 Å². The lowest BCUT2D eigenvalue weighted by atomic mass is 9.95. The molecular formula is C13H20Cl2F2N2O. The monoisotopic (exact) mass is 328 g/mol. The number of likely N-dealkylation sites (tertiary alicyclic amines) is 1. The lowest BCUT2D eigenvalue weighted by Gasteiger charge is -2.15. The number of rotatable bonds is 4. The molecule has 116 valence electrons. The Morgan fingerprint density at radius 2 is 1.95 bits per heavy atom. The molecule has 0 bridgehead atoms. The normalized spacial score (nSPS) is 22.2. The van der Waals surface area contributed by atoms with Crippen molar-refractivity contribution in [2.45, 2.75) is 12.0 Å². The summed E-state index contributed by atoms with van der Waals surface area (Å²) >= 11 is 0. The Bertz CT molecular complexity index is 423. The first-order valence-electron chi connectivity index (χ1n) is 6.03. The molecule has 0 saturated carbocycles. The highest BCUT2D eigenvalue weighted by atomic mass is 35.5. The van der Waals surface area contributed by atoms with E-state index in [1.807, 2.05) is 0 Å². The molecule has 0 amide bonds. The van der Waals surface area contributed by atoms with Crippen LogP contribution in [0.5, 0.6) is 0 Å². The van der Waals surface area contributed by atoms with Gasteiger partial charge in [-0.2, -0.15) is 0 Å². The van der Waals surface area contributed by atoms with E-state index < -0.39 is 11.6 Å². The molecule has 20 heavy (non-hydrogen) atoms. The van der Waals surface area contributed by atoms with E-state index >= 15 is 0 Å². The van der Waals surface area contributed by atoms with Crippen molar-refractivity contribution in [3.63, 3.8) is 0 Å². The van der Waals surface area contributed by atoms with Crippen LogP contribution in [0.1, 0.15) is 11.5 Å². The van der Waals surface area contributed by atoms with E-state index in [1.165, 1.54) is 6.07 Å². The third kappa shape index (κ3) is 4.53. The molecule has 2 unspecified atom stereocenters. The molecule has 1 fully saturated rings. The Morgan fingerprint density at radius 3 is 2.55 bits per heavy atom. The van der Waals surface area contributed by atoms with Gasteiger partial charge in [-0.15, -0.1) is 24.8 Å². The van der Waals surface area contributed by atoms with Crippen LogP contribution in [-0.2, 0) is 4.74 Å². The summed E-state index contributed by atoms with van der Waals surface area (Å²) in [5.74, 6) is -1.58. The number of nitrogens with two attached hydrogens (primary N) is 1. The zero-order valence-corrected chi connectivity index (χ0v) is 12.9. The summed E-state index contributed by atoms with van der Waals surface area (Å²) in [6.07, 6.45) is 0. The fourth-order valence-electron chi connectivity index (χ4n) is 2.41. The van der Waals surface area contributed by atoms with Gasteiger partial charge in [-0.1, -0.05) is 6.07 Å². The van der Waals surface area contributed by atoms with E-state index in [9.17, 15) is 8.78 Å². The zero-order valence-electron chi connectivity index (χ0n) is 11.2. The Balaban J connectivity index is 0.00000180. The van der Waals surface area contributed by atoms with Gasteiger partial charge in [0.25, 0.3) is 0 Å². The maximum absolute atomic E-state index is 13.2. The Morgan fingerprint density at radius 1 is 1.25 bits per heavy atom. The molecule has 2 N–H and O–H groups in total. The molecule has 2 atom stereocenters. The molecule has 0 aliphatic carbocycles. The molecule has 1 aliphatic heterocycles. The van der Waals surface area contributed by atoms with Crippen LogP contribution in [0.2, 0.25) is 0 Å².